The standard InChI is InChI=1S/C12H18BrClN2O3S/c1-7(2)3-9(6-17)16-20(18,19)11-5-8(14)4-10(15)12(11)13/h4-5,7,9,16-17H,3,6,15H2,1-2H3. The van der Waals surface area contributed by atoms with E-state index in [1.165, 1.54) is 12.1 Å². The average Bonchev–Trinajstić information content (AvgIpc) is 2.31. The number of hydrogen-bond acceptors (Lipinski definition) is 4. The highest BCUT2D eigenvalue weighted by Crippen LogP contribution is 2.31. The molecular formula is C12H18BrClN2O3S. The summed E-state index contributed by atoms with van der Waals surface area (Å²) in [5.41, 5.74) is 5.93. The quantitative estimate of drug-likeness (QED) is 0.655. The van der Waals surface area contributed by atoms with Gasteiger partial charge in [-0.1, -0.05) is 25.4 Å². The first-order chi connectivity index (χ1) is 9.17. The summed E-state index contributed by atoms with van der Waals surface area (Å²) in [5.74, 6) is 0.253. The maximum atomic E-state index is 12.3. The Morgan fingerprint density at radius 2 is 2.05 bits per heavy atom. The summed E-state index contributed by atoms with van der Waals surface area (Å²) in [4.78, 5) is -0.0373. The van der Waals surface area contributed by atoms with Crippen LogP contribution in [0.3, 0.4) is 0 Å². The van der Waals surface area contributed by atoms with Crippen LogP contribution in [0.25, 0.3) is 0 Å². The van der Waals surface area contributed by atoms with Gasteiger partial charge in [-0.05, 0) is 40.4 Å². The Hall–Kier alpha value is -0.340. The number of rotatable bonds is 6. The SMILES string of the molecule is CC(C)CC(CO)NS(=O)(=O)c1cc(Cl)cc(N)c1Br. The van der Waals surface area contributed by atoms with Crippen LogP contribution in [-0.4, -0.2) is 26.2 Å². The predicted molar refractivity (Wildman–Crippen MR) is 84.2 cm³/mol. The molecule has 0 aromatic heterocycles. The third-order valence-corrected chi connectivity index (χ3v) is 5.53. The van der Waals surface area contributed by atoms with Crippen LogP contribution in [-0.2, 0) is 10.0 Å². The smallest absolute Gasteiger partial charge is 0.242 e. The molecule has 8 heteroatoms. The lowest BCUT2D eigenvalue weighted by atomic mass is 10.1. The molecule has 114 valence electrons. The second-order valence-corrected chi connectivity index (χ2v) is 7.85. The number of hydrogen-bond donors (Lipinski definition) is 3. The molecule has 1 unspecified atom stereocenters. The highest BCUT2D eigenvalue weighted by molar-refractivity contribution is 9.10. The van der Waals surface area contributed by atoms with Crippen LogP contribution in [0.4, 0.5) is 5.69 Å². The van der Waals surface area contributed by atoms with Crippen molar-refractivity contribution in [2.24, 2.45) is 5.92 Å². The van der Waals surface area contributed by atoms with E-state index in [9.17, 15) is 13.5 Å². The molecule has 1 rings (SSSR count). The van der Waals surface area contributed by atoms with Crippen LogP contribution in [0.2, 0.25) is 5.02 Å². The summed E-state index contributed by atoms with van der Waals surface area (Å²) in [6.07, 6.45) is 0.531. The van der Waals surface area contributed by atoms with Crippen molar-refractivity contribution in [2.45, 2.75) is 31.2 Å². The van der Waals surface area contributed by atoms with E-state index >= 15 is 0 Å². The molecule has 0 aliphatic heterocycles. The predicted octanol–water partition coefficient (Wildman–Crippen LogP) is 2.37. The average molecular weight is 386 g/mol. The largest absolute Gasteiger partial charge is 0.398 e. The van der Waals surface area contributed by atoms with Gasteiger partial charge in [0.1, 0.15) is 0 Å². The summed E-state index contributed by atoms with van der Waals surface area (Å²) < 4.78 is 27.4. The number of nitrogens with two attached hydrogens (primary N) is 1. The van der Waals surface area contributed by atoms with Crippen LogP contribution in [0.15, 0.2) is 21.5 Å². The minimum Gasteiger partial charge on any atom is -0.398 e. The first-order valence-electron chi connectivity index (χ1n) is 6.05. The molecule has 0 bridgehead atoms. The fourth-order valence-electron chi connectivity index (χ4n) is 1.79. The summed E-state index contributed by atoms with van der Waals surface area (Å²) in [7, 11) is -3.81. The fraction of sp³-hybridized carbons (Fsp3) is 0.500. The minimum atomic E-state index is -3.81. The molecule has 0 heterocycles. The van der Waals surface area contributed by atoms with Crippen LogP contribution in [0.1, 0.15) is 20.3 Å². The molecule has 5 nitrogen and oxygen atoms in total. The van der Waals surface area contributed by atoms with E-state index in [0.29, 0.717) is 6.42 Å². The van der Waals surface area contributed by atoms with E-state index in [4.69, 9.17) is 17.3 Å². The van der Waals surface area contributed by atoms with Crippen LogP contribution >= 0.6 is 27.5 Å². The van der Waals surface area contributed by atoms with Gasteiger partial charge in [0.2, 0.25) is 10.0 Å². The van der Waals surface area contributed by atoms with Gasteiger partial charge >= 0.3 is 0 Å². The second kappa shape index (κ2) is 7.09. The molecule has 1 aromatic rings. The maximum absolute atomic E-state index is 12.3. The summed E-state index contributed by atoms with van der Waals surface area (Å²) in [6.45, 7) is 3.62. The van der Waals surface area contributed by atoms with Crippen molar-refractivity contribution in [1.82, 2.24) is 4.72 Å². The minimum absolute atomic E-state index is 0.0373. The van der Waals surface area contributed by atoms with E-state index in [1.807, 2.05) is 13.8 Å². The molecule has 0 amide bonds. The van der Waals surface area contributed by atoms with Gasteiger partial charge in [-0.2, -0.15) is 0 Å². The summed E-state index contributed by atoms with van der Waals surface area (Å²) in [6, 6.07) is 2.23. The van der Waals surface area contributed by atoms with Crippen LogP contribution in [0.5, 0.6) is 0 Å². The summed E-state index contributed by atoms with van der Waals surface area (Å²) in [5, 5.41) is 9.51. The van der Waals surface area contributed by atoms with Gasteiger partial charge in [-0.3, -0.25) is 0 Å². The first-order valence-corrected chi connectivity index (χ1v) is 8.70. The number of sulfonamides is 1. The van der Waals surface area contributed by atoms with E-state index in [2.05, 4.69) is 20.7 Å². The Kier molecular flexibility index (Phi) is 6.27. The van der Waals surface area contributed by atoms with Crippen LogP contribution < -0.4 is 10.5 Å². The zero-order chi connectivity index (χ0) is 15.5. The second-order valence-electron chi connectivity index (χ2n) is 4.94. The van der Waals surface area contributed by atoms with Gasteiger partial charge in [0.25, 0.3) is 0 Å². The first kappa shape index (κ1) is 17.7. The third-order valence-electron chi connectivity index (χ3n) is 2.62. The number of aliphatic hydroxyl groups excluding tert-OH is 1. The zero-order valence-electron chi connectivity index (χ0n) is 11.2. The van der Waals surface area contributed by atoms with Crippen molar-refractivity contribution in [1.29, 1.82) is 0 Å². The Balaban J connectivity index is 3.11. The topological polar surface area (TPSA) is 92.4 Å². The molecule has 4 N–H and O–H groups in total. The monoisotopic (exact) mass is 384 g/mol. The lowest BCUT2D eigenvalue weighted by molar-refractivity contribution is 0.240. The number of anilines is 1. The Morgan fingerprint density at radius 1 is 1.45 bits per heavy atom. The van der Waals surface area contributed by atoms with E-state index < -0.39 is 16.1 Å². The van der Waals surface area contributed by atoms with Crippen molar-refractivity contribution in [2.75, 3.05) is 12.3 Å². The van der Waals surface area contributed by atoms with E-state index in [0.717, 1.165) is 0 Å². The molecule has 0 radical (unpaired) electrons. The number of aliphatic hydroxyl groups is 1. The molecular weight excluding hydrogens is 368 g/mol. The van der Waals surface area contributed by atoms with Gasteiger partial charge in [0.05, 0.1) is 16.0 Å². The molecule has 0 saturated carbocycles. The lowest BCUT2D eigenvalue weighted by Gasteiger charge is -2.19. The van der Waals surface area contributed by atoms with Crippen molar-refractivity contribution < 1.29 is 13.5 Å². The highest BCUT2D eigenvalue weighted by Gasteiger charge is 2.24. The van der Waals surface area contributed by atoms with Crippen molar-refractivity contribution in [3.63, 3.8) is 0 Å². The number of nitrogens with one attached hydrogen (secondary N) is 1. The van der Waals surface area contributed by atoms with Gasteiger partial charge in [0.15, 0.2) is 0 Å². The highest BCUT2D eigenvalue weighted by atomic mass is 79.9. The number of benzene rings is 1. The van der Waals surface area contributed by atoms with Gasteiger partial charge in [0, 0.05) is 16.8 Å². The van der Waals surface area contributed by atoms with Gasteiger partial charge < -0.3 is 10.8 Å². The molecule has 0 aliphatic carbocycles. The van der Waals surface area contributed by atoms with E-state index in [1.54, 1.807) is 0 Å². The lowest BCUT2D eigenvalue weighted by Crippen LogP contribution is -2.38. The van der Waals surface area contributed by atoms with Crippen LogP contribution in [0, 0.1) is 5.92 Å². The molecule has 0 fully saturated rings. The van der Waals surface area contributed by atoms with Crippen molar-refractivity contribution >= 4 is 43.2 Å². The van der Waals surface area contributed by atoms with Crippen molar-refractivity contribution in [3.8, 4) is 0 Å². The summed E-state index contributed by atoms with van der Waals surface area (Å²) >= 11 is 8.99. The maximum Gasteiger partial charge on any atom is 0.242 e. The molecule has 0 spiro atoms. The molecule has 1 atom stereocenters. The Morgan fingerprint density at radius 3 is 2.55 bits per heavy atom. The molecule has 0 aliphatic rings. The normalized spacial score (nSPS) is 13.7. The van der Waals surface area contributed by atoms with Crippen molar-refractivity contribution in [3.05, 3.63) is 21.6 Å². The molecule has 0 saturated heterocycles. The van der Waals surface area contributed by atoms with Gasteiger partial charge in [-0.25, -0.2) is 13.1 Å². The molecule has 1 aromatic carbocycles. The van der Waals surface area contributed by atoms with Gasteiger partial charge in [-0.15, -0.1) is 0 Å². The fourth-order valence-corrected chi connectivity index (χ4v) is 4.32. The zero-order valence-corrected chi connectivity index (χ0v) is 14.4. The Bertz CT molecular complexity index is 578. The number of halogens is 2. The molecule has 20 heavy (non-hydrogen) atoms. The third kappa shape index (κ3) is 4.60. The van der Waals surface area contributed by atoms with E-state index in [-0.39, 0.29) is 32.6 Å². The Labute approximate surface area is 132 Å². The number of nitrogen functional groups attached to an aromatic ring is 1.